The Morgan fingerprint density at radius 2 is 0.651 bits per heavy atom. The van der Waals surface area contributed by atoms with Gasteiger partial charge in [-0.2, -0.15) is 0 Å². The number of allylic oxidation sites excluding steroid dienone is 10. The van der Waals surface area contributed by atoms with Gasteiger partial charge in [-0.25, -0.2) is 4.40 Å². The number of nitrogens with one attached hydrogen (secondary N) is 1. The minimum Gasteiger partial charge on any atom is -0.311 e. The van der Waals surface area contributed by atoms with Crippen LogP contribution in [-0.2, 0) is 0 Å². The van der Waals surface area contributed by atoms with Gasteiger partial charge in [0.2, 0.25) is 0 Å². The van der Waals surface area contributed by atoms with Crippen LogP contribution in [0.3, 0.4) is 0 Å². The molecule has 0 saturated carbocycles. The molecule has 2 aromatic heterocycles. The molecule has 0 unspecified atom stereocenters. The molecule has 0 spiro atoms. The third kappa shape index (κ3) is 11.2. The predicted molar refractivity (Wildman–Crippen MR) is 359 cm³/mol. The van der Waals surface area contributed by atoms with E-state index in [0.717, 1.165) is 136 Å². The summed E-state index contributed by atoms with van der Waals surface area (Å²) in [6.45, 7) is 0. The maximum Gasteiger partial charge on any atom is 0.105 e. The summed E-state index contributed by atoms with van der Waals surface area (Å²) in [7, 11) is 0. The summed E-state index contributed by atoms with van der Waals surface area (Å²) < 4.78 is 4.57. The number of anilines is 10. The van der Waals surface area contributed by atoms with E-state index >= 15 is 0 Å². The fourth-order valence-corrected chi connectivity index (χ4v) is 13.4. The summed E-state index contributed by atoms with van der Waals surface area (Å²) in [5.74, 6) is 0. The molecule has 0 amide bonds. The topological polar surface area (TPSA) is 49.2 Å². The van der Waals surface area contributed by atoms with Crippen molar-refractivity contribution in [3.8, 4) is 20.9 Å². The molecule has 1 N–H and O–H groups in total. The number of benzene rings is 8. The van der Waals surface area contributed by atoms with E-state index in [1.807, 2.05) is 0 Å². The van der Waals surface area contributed by atoms with Crippen LogP contribution in [0.4, 0.5) is 56.9 Å². The highest BCUT2D eigenvalue weighted by Crippen LogP contribution is 2.47. The van der Waals surface area contributed by atoms with E-state index in [1.54, 1.807) is 22.7 Å². The third-order valence-corrected chi connectivity index (χ3v) is 17.5. The lowest BCUT2D eigenvalue weighted by molar-refractivity contribution is 0.993. The van der Waals surface area contributed by atoms with Crippen molar-refractivity contribution in [3.05, 3.63) is 312 Å². The maximum atomic E-state index is 9.85. The average molecular weight is 1130 g/mol. The molecule has 0 fully saturated rings. The first kappa shape index (κ1) is 52.8. The van der Waals surface area contributed by atoms with Gasteiger partial charge >= 0.3 is 0 Å². The zero-order chi connectivity index (χ0) is 55.9. The van der Waals surface area contributed by atoms with E-state index in [1.165, 1.54) is 0 Å². The molecule has 0 atom stereocenters. The molecule has 8 aromatic carbocycles. The molecule has 2 heterocycles. The summed E-state index contributed by atoms with van der Waals surface area (Å²) in [5.41, 5.74) is 17.5. The minimum absolute atomic E-state index is 0.331. The number of nitrogens with zero attached hydrogens (tertiary/aromatic N) is 5. The summed E-state index contributed by atoms with van der Waals surface area (Å²) in [6, 6.07) is 86.1. The first-order chi connectivity index (χ1) is 41.0. The quantitative estimate of drug-likeness (QED) is 0.0748. The minimum atomic E-state index is 0.331. The van der Waals surface area contributed by atoms with Gasteiger partial charge in [0.05, 0.1) is 5.71 Å². The van der Waals surface area contributed by atoms with E-state index < -0.39 is 0 Å². The fourth-order valence-electron chi connectivity index (χ4n) is 11.1. The van der Waals surface area contributed by atoms with Crippen LogP contribution in [0.5, 0.6) is 0 Å². The second-order valence-electron chi connectivity index (χ2n) is 20.4. The number of thiophene rings is 2. The third-order valence-electron chi connectivity index (χ3n) is 15.0. The Kier molecular flexibility index (Phi) is 15.5. The number of hydrogen-bond donors (Lipinski definition) is 2. The molecule has 0 saturated heterocycles. The molecule has 0 radical (unpaired) electrons. The van der Waals surface area contributed by atoms with Crippen molar-refractivity contribution in [2.45, 2.75) is 25.7 Å². The highest BCUT2D eigenvalue weighted by molar-refractivity contribution is 7.79. The maximum absolute atomic E-state index is 9.85. The molecule has 0 aliphatic heterocycles. The Bertz CT molecular complexity index is 3900. The van der Waals surface area contributed by atoms with Crippen LogP contribution in [0.1, 0.15) is 35.4 Å². The number of thiol groups is 1. The zero-order valence-corrected chi connectivity index (χ0v) is 48.1. The van der Waals surface area contributed by atoms with Gasteiger partial charge in [-0.3, -0.25) is 5.41 Å². The molecule has 9 heteroatoms. The molecular formula is C74H58N6S3. The molecular weight excluding hydrogens is 1070 g/mol. The standard InChI is InChI=1S/C74H58N6S3/c75-73-67(71-45-43-69(82-71)53-47-63(77(55-25-9-1-10-26-55)56-27-11-2-12-28-56)51-64(48-53)78(57-29-13-3-14-30-57)58-31-15-4-16-32-58)41-42-68(74(73)76-81)72-46-44-70(83-72)54-49-65(79(59-33-17-5-18-34-59)60-35-19-6-20-36-60)52-66(50-54)80(61-37-21-7-22-38-61)62-39-23-8-24-40-62/h1-5,7,9-19,21-23,25-52,75,81H,6,8,20,24H2/b75-73?,76-74-. The second kappa shape index (κ2) is 24.3. The Morgan fingerprint density at radius 1 is 0.337 bits per heavy atom. The normalized spacial score (nSPS) is 14.4. The van der Waals surface area contributed by atoms with Crippen molar-refractivity contribution < 1.29 is 0 Å². The van der Waals surface area contributed by atoms with Crippen molar-refractivity contribution in [2.24, 2.45) is 4.40 Å². The largest absolute Gasteiger partial charge is 0.311 e. The van der Waals surface area contributed by atoms with Crippen LogP contribution in [0, 0.1) is 5.41 Å². The van der Waals surface area contributed by atoms with Crippen molar-refractivity contribution in [1.82, 2.24) is 0 Å². The van der Waals surface area contributed by atoms with Crippen molar-refractivity contribution >= 4 is 115 Å². The lowest BCUT2D eigenvalue weighted by Crippen LogP contribution is -2.19. The van der Waals surface area contributed by atoms with Gasteiger partial charge in [0.15, 0.2) is 0 Å². The Labute approximate surface area is 500 Å². The Balaban J connectivity index is 0.892. The summed E-state index contributed by atoms with van der Waals surface area (Å²) in [6.07, 6.45) is 22.0. The predicted octanol–water partition coefficient (Wildman–Crippen LogP) is 21.6. The van der Waals surface area contributed by atoms with Crippen LogP contribution >= 0.6 is 35.5 Å². The lowest BCUT2D eigenvalue weighted by Gasteiger charge is -2.32. The first-order valence-corrected chi connectivity index (χ1v) is 30.1. The summed E-state index contributed by atoms with van der Waals surface area (Å²) >= 11 is 7.98. The number of rotatable bonds is 16. The van der Waals surface area contributed by atoms with Crippen LogP contribution in [-0.4, -0.2) is 11.4 Å². The van der Waals surface area contributed by atoms with Crippen molar-refractivity contribution in [1.29, 1.82) is 5.41 Å². The smallest absolute Gasteiger partial charge is 0.105 e. The van der Waals surface area contributed by atoms with Gasteiger partial charge in [0.1, 0.15) is 5.71 Å². The zero-order valence-electron chi connectivity index (χ0n) is 45.5. The van der Waals surface area contributed by atoms with Gasteiger partial charge in [-0.05, 0) is 195 Å². The van der Waals surface area contributed by atoms with Crippen LogP contribution in [0.15, 0.2) is 307 Å². The fraction of sp³-hybridized carbons (Fsp3) is 0.0541. The van der Waals surface area contributed by atoms with Gasteiger partial charge in [-0.1, -0.05) is 146 Å². The van der Waals surface area contributed by atoms with Gasteiger partial charge in [-0.15, -0.1) is 22.7 Å². The van der Waals surface area contributed by atoms with Crippen molar-refractivity contribution in [3.63, 3.8) is 0 Å². The molecule has 6 nitrogen and oxygen atoms in total. The van der Waals surface area contributed by atoms with E-state index in [9.17, 15) is 5.41 Å². The molecule has 402 valence electrons. The first-order valence-electron chi connectivity index (χ1n) is 28.0. The van der Waals surface area contributed by atoms with E-state index in [0.29, 0.717) is 11.4 Å². The van der Waals surface area contributed by atoms with Gasteiger partial charge in [0.25, 0.3) is 0 Å². The van der Waals surface area contributed by atoms with E-state index in [2.05, 4.69) is 328 Å². The molecule has 13 rings (SSSR count). The summed E-state index contributed by atoms with van der Waals surface area (Å²) in [4.78, 5) is 13.6. The number of hydrogen-bond acceptors (Lipinski definition) is 9. The van der Waals surface area contributed by atoms with Crippen LogP contribution in [0.25, 0.3) is 32.0 Å². The second-order valence-corrected chi connectivity index (χ2v) is 22.7. The van der Waals surface area contributed by atoms with Crippen molar-refractivity contribution in [2.75, 3.05) is 19.6 Å². The SMILES string of the molecule is N=C1C(c2ccc(-c3cc(N(c4ccccc4)c4ccccc4)cc(N(c4ccccc4)c4ccccc4)c3)s2)=CC=C(c2ccc(-c3cc(N(C4=CCCC=C4)c4ccccc4)cc(N(C4=CCCC=C4)c4ccccc4)c3)s2)/C1=N/S. The van der Waals surface area contributed by atoms with Crippen LogP contribution < -0.4 is 19.6 Å². The molecule has 3 aliphatic carbocycles. The van der Waals surface area contributed by atoms with Gasteiger partial charge < -0.3 is 19.6 Å². The van der Waals surface area contributed by atoms with E-state index in [4.69, 9.17) is 0 Å². The molecule has 3 aliphatic rings. The highest BCUT2D eigenvalue weighted by Gasteiger charge is 2.27. The lowest BCUT2D eigenvalue weighted by atomic mass is 9.92. The van der Waals surface area contributed by atoms with Crippen LogP contribution in [0.2, 0.25) is 0 Å². The number of para-hydroxylation sites is 6. The highest BCUT2D eigenvalue weighted by atomic mass is 32.1. The molecule has 0 bridgehead atoms. The Morgan fingerprint density at radius 3 is 0.988 bits per heavy atom. The monoisotopic (exact) mass is 1130 g/mol. The Hall–Kier alpha value is -9.51. The molecule has 10 aromatic rings. The van der Waals surface area contributed by atoms with Gasteiger partial charge in [0, 0.05) is 98.9 Å². The summed E-state index contributed by atoms with van der Waals surface area (Å²) in [5, 5.41) is 9.85. The average Bonchev–Trinajstić information content (AvgIpc) is 4.46. The van der Waals surface area contributed by atoms with E-state index in [-0.39, 0.29) is 0 Å². The molecule has 83 heavy (non-hydrogen) atoms.